The summed E-state index contributed by atoms with van der Waals surface area (Å²) in [5.41, 5.74) is 1.20. The van der Waals surface area contributed by atoms with Crippen LogP contribution in [0.3, 0.4) is 0 Å². The van der Waals surface area contributed by atoms with Crippen LogP contribution in [-0.2, 0) is 17.9 Å². The minimum absolute atomic E-state index is 0.266. The fourth-order valence-electron chi connectivity index (χ4n) is 3.10. The molecule has 0 bridgehead atoms. The highest BCUT2D eigenvalue weighted by atomic mass is 32.1. The number of benzene rings is 1. The predicted molar refractivity (Wildman–Crippen MR) is 93.1 cm³/mol. The van der Waals surface area contributed by atoms with Gasteiger partial charge in [0.25, 0.3) is 0 Å². The third-order valence-electron chi connectivity index (χ3n) is 4.38. The first kappa shape index (κ1) is 16.1. The summed E-state index contributed by atoms with van der Waals surface area (Å²) in [4.78, 5) is 21.4. The van der Waals surface area contributed by atoms with Crippen molar-refractivity contribution in [2.24, 2.45) is 0 Å². The highest BCUT2D eigenvalue weighted by molar-refractivity contribution is 7.09. The first-order valence-corrected chi connectivity index (χ1v) is 9.08. The molecule has 0 N–H and O–H groups in total. The zero-order valence-corrected chi connectivity index (χ0v) is 14.3. The summed E-state index contributed by atoms with van der Waals surface area (Å²) in [5.74, 6) is 0.266. The number of thiazole rings is 1. The molecule has 1 aliphatic heterocycles. The van der Waals surface area contributed by atoms with Gasteiger partial charge in [0.1, 0.15) is 5.01 Å². The van der Waals surface area contributed by atoms with Gasteiger partial charge in [-0.15, -0.1) is 11.3 Å². The number of carbonyl (C=O) groups is 1. The zero-order valence-electron chi connectivity index (χ0n) is 13.5. The predicted octanol–water partition coefficient (Wildman–Crippen LogP) is 3.16. The molecule has 1 aromatic heterocycles. The van der Waals surface area contributed by atoms with Crippen LogP contribution in [0, 0.1) is 0 Å². The molecule has 0 unspecified atom stereocenters. The molecule has 2 heterocycles. The molecule has 0 radical (unpaired) electrons. The maximum atomic E-state index is 12.6. The number of carbonyl (C=O) groups excluding carboxylic acids is 1. The number of nitrogens with zero attached hydrogens (tertiary/aromatic N) is 3. The second-order valence-corrected chi connectivity index (χ2v) is 6.96. The van der Waals surface area contributed by atoms with Crippen LogP contribution in [0.25, 0.3) is 0 Å². The molecular weight excluding hydrogens is 306 g/mol. The smallest absolute Gasteiger partial charge is 0.224 e. The monoisotopic (exact) mass is 329 g/mol. The van der Waals surface area contributed by atoms with Crippen LogP contribution >= 0.6 is 11.3 Å². The van der Waals surface area contributed by atoms with Gasteiger partial charge in [-0.3, -0.25) is 9.69 Å². The van der Waals surface area contributed by atoms with Gasteiger partial charge in [0.05, 0.1) is 6.54 Å². The van der Waals surface area contributed by atoms with E-state index >= 15 is 0 Å². The van der Waals surface area contributed by atoms with Gasteiger partial charge in [0.15, 0.2) is 0 Å². The largest absolute Gasteiger partial charge is 0.334 e. The maximum Gasteiger partial charge on any atom is 0.224 e. The summed E-state index contributed by atoms with van der Waals surface area (Å²) in [6, 6.07) is 10.5. The lowest BCUT2D eigenvalue weighted by Crippen LogP contribution is -2.42. The lowest BCUT2D eigenvalue weighted by molar-refractivity contribution is -0.133. The Morgan fingerprint density at radius 2 is 2.09 bits per heavy atom. The van der Waals surface area contributed by atoms with E-state index in [4.69, 9.17) is 0 Å². The third kappa shape index (κ3) is 4.18. The Labute approximate surface area is 141 Å². The molecule has 122 valence electrons. The summed E-state index contributed by atoms with van der Waals surface area (Å²) in [6.07, 6.45) is 3.42. The Balaban J connectivity index is 1.71. The topological polar surface area (TPSA) is 36.4 Å². The highest BCUT2D eigenvalue weighted by Crippen LogP contribution is 2.19. The standard InChI is InChI=1S/C18H23N3OS/c1-2-16-13-20(14-17-19-9-11-23-17)10-8-18(22)21(16)12-15-6-4-3-5-7-15/h3-7,9,11,16H,2,8,10,12-14H2,1H3/t16-/m1/s1. The molecule has 1 aliphatic rings. The Kier molecular flexibility index (Phi) is 5.41. The van der Waals surface area contributed by atoms with E-state index in [0.29, 0.717) is 13.0 Å². The molecule has 3 rings (SSSR count). The van der Waals surface area contributed by atoms with E-state index in [2.05, 4.69) is 33.8 Å². The van der Waals surface area contributed by atoms with Crippen molar-refractivity contribution in [3.8, 4) is 0 Å². The average molecular weight is 329 g/mol. The minimum Gasteiger partial charge on any atom is -0.334 e. The molecule has 1 amide bonds. The summed E-state index contributed by atoms with van der Waals surface area (Å²) < 4.78 is 0. The summed E-state index contributed by atoms with van der Waals surface area (Å²) >= 11 is 1.69. The molecule has 23 heavy (non-hydrogen) atoms. The highest BCUT2D eigenvalue weighted by Gasteiger charge is 2.28. The SMILES string of the molecule is CC[C@@H]1CN(Cc2nccs2)CCC(=O)N1Cc1ccccc1. The van der Waals surface area contributed by atoms with E-state index in [1.807, 2.05) is 29.8 Å². The molecule has 4 nitrogen and oxygen atoms in total. The Bertz CT molecular complexity index is 614. The average Bonchev–Trinajstić information content (AvgIpc) is 3.04. The molecule has 0 spiro atoms. The molecular formula is C18H23N3OS. The van der Waals surface area contributed by atoms with Crippen LogP contribution in [0.15, 0.2) is 41.9 Å². The summed E-state index contributed by atoms with van der Waals surface area (Å²) in [7, 11) is 0. The Morgan fingerprint density at radius 3 is 2.78 bits per heavy atom. The number of rotatable bonds is 5. The fourth-order valence-corrected chi connectivity index (χ4v) is 3.76. The van der Waals surface area contributed by atoms with Crippen LogP contribution < -0.4 is 0 Å². The van der Waals surface area contributed by atoms with E-state index in [-0.39, 0.29) is 11.9 Å². The van der Waals surface area contributed by atoms with Gasteiger partial charge in [-0.05, 0) is 12.0 Å². The van der Waals surface area contributed by atoms with Crippen molar-refractivity contribution in [1.29, 1.82) is 0 Å². The Hall–Kier alpha value is -1.72. The zero-order chi connectivity index (χ0) is 16.1. The van der Waals surface area contributed by atoms with Crippen molar-refractivity contribution >= 4 is 17.2 Å². The van der Waals surface area contributed by atoms with E-state index in [9.17, 15) is 4.79 Å². The normalized spacial score (nSPS) is 19.8. The lowest BCUT2D eigenvalue weighted by Gasteiger charge is -2.31. The van der Waals surface area contributed by atoms with Crippen molar-refractivity contribution in [2.45, 2.75) is 38.9 Å². The fraction of sp³-hybridized carbons (Fsp3) is 0.444. The van der Waals surface area contributed by atoms with Crippen molar-refractivity contribution in [3.63, 3.8) is 0 Å². The molecule has 0 aliphatic carbocycles. The van der Waals surface area contributed by atoms with Crippen LogP contribution in [0.1, 0.15) is 30.3 Å². The molecule has 1 saturated heterocycles. The maximum absolute atomic E-state index is 12.6. The van der Waals surface area contributed by atoms with Gasteiger partial charge in [0.2, 0.25) is 5.91 Å². The van der Waals surface area contributed by atoms with Gasteiger partial charge in [-0.25, -0.2) is 4.98 Å². The quantitative estimate of drug-likeness (QED) is 0.845. The van der Waals surface area contributed by atoms with Crippen LogP contribution in [0.2, 0.25) is 0 Å². The second-order valence-electron chi connectivity index (χ2n) is 5.98. The summed E-state index contributed by atoms with van der Waals surface area (Å²) in [6.45, 7) is 5.47. The first-order valence-electron chi connectivity index (χ1n) is 8.20. The molecule has 0 saturated carbocycles. The van der Waals surface area contributed by atoms with Gasteiger partial charge in [-0.1, -0.05) is 37.3 Å². The van der Waals surface area contributed by atoms with E-state index in [1.54, 1.807) is 11.3 Å². The Morgan fingerprint density at radius 1 is 1.26 bits per heavy atom. The summed E-state index contributed by atoms with van der Waals surface area (Å²) in [5, 5.41) is 3.14. The molecule has 2 aromatic rings. The van der Waals surface area contributed by atoms with Gasteiger partial charge < -0.3 is 4.90 Å². The second kappa shape index (κ2) is 7.70. The molecule has 1 aromatic carbocycles. The van der Waals surface area contributed by atoms with Gasteiger partial charge in [-0.2, -0.15) is 0 Å². The van der Waals surface area contributed by atoms with E-state index in [1.165, 1.54) is 5.56 Å². The van der Waals surface area contributed by atoms with Crippen molar-refractivity contribution in [1.82, 2.24) is 14.8 Å². The van der Waals surface area contributed by atoms with Crippen molar-refractivity contribution < 1.29 is 4.79 Å². The molecule has 1 atom stereocenters. The van der Waals surface area contributed by atoms with Crippen molar-refractivity contribution in [2.75, 3.05) is 13.1 Å². The van der Waals surface area contributed by atoms with Crippen molar-refractivity contribution in [3.05, 3.63) is 52.5 Å². The minimum atomic E-state index is 0.266. The molecule has 5 heteroatoms. The number of aromatic nitrogens is 1. The van der Waals surface area contributed by atoms with Gasteiger partial charge in [0, 0.05) is 43.7 Å². The first-order chi connectivity index (χ1) is 11.3. The van der Waals surface area contributed by atoms with E-state index in [0.717, 1.165) is 31.1 Å². The van der Waals surface area contributed by atoms with Gasteiger partial charge >= 0.3 is 0 Å². The van der Waals surface area contributed by atoms with Crippen LogP contribution in [-0.4, -0.2) is 39.8 Å². The number of amides is 1. The van der Waals surface area contributed by atoms with Crippen LogP contribution in [0.5, 0.6) is 0 Å². The molecule has 1 fully saturated rings. The number of hydrogen-bond acceptors (Lipinski definition) is 4. The lowest BCUT2D eigenvalue weighted by atomic mass is 10.1. The number of hydrogen-bond donors (Lipinski definition) is 0. The van der Waals surface area contributed by atoms with Crippen LogP contribution in [0.4, 0.5) is 0 Å². The van der Waals surface area contributed by atoms with E-state index < -0.39 is 0 Å². The third-order valence-corrected chi connectivity index (χ3v) is 5.15.